The van der Waals surface area contributed by atoms with Crippen LogP contribution in [0.25, 0.3) is 11.5 Å². The Balaban J connectivity index is 1.77. The molecule has 1 amide bonds. The molecule has 3 aromatic rings. The predicted octanol–water partition coefficient (Wildman–Crippen LogP) is 2.57. The maximum absolute atomic E-state index is 12.4. The Morgan fingerprint density at radius 1 is 1.26 bits per heavy atom. The van der Waals surface area contributed by atoms with Crippen molar-refractivity contribution in [3.8, 4) is 11.5 Å². The van der Waals surface area contributed by atoms with E-state index in [0.29, 0.717) is 11.5 Å². The monoisotopic (exact) mass is 311 g/mol. The highest BCUT2D eigenvalue weighted by molar-refractivity contribution is 5.93. The molecule has 0 aliphatic carbocycles. The van der Waals surface area contributed by atoms with Gasteiger partial charge in [0.2, 0.25) is 0 Å². The van der Waals surface area contributed by atoms with Gasteiger partial charge in [0.1, 0.15) is 23.5 Å². The largest absolute Gasteiger partial charge is 0.460 e. The molecule has 7 nitrogen and oxygen atoms in total. The third-order valence-electron chi connectivity index (χ3n) is 3.41. The second-order valence-electron chi connectivity index (χ2n) is 5.37. The second kappa shape index (κ2) is 6.04. The summed E-state index contributed by atoms with van der Waals surface area (Å²) in [6.45, 7) is 5.63. The minimum Gasteiger partial charge on any atom is -0.460 e. The van der Waals surface area contributed by atoms with Crippen molar-refractivity contribution in [3.05, 3.63) is 53.4 Å². The molecule has 0 radical (unpaired) electrons. The number of hydrogen-bond donors (Lipinski definition) is 2. The lowest BCUT2D eigenvalue weighted by Crippen LogP contribution is -2.27. The Hall–Kier alpha value is -2.96. The van der Waals surface area contributed by atoms with Crippen molar-refractivity contribution >= 4 is 5.91 Å². The summed E-state index contributed by atoms with van der Waals surface area (Å²) < 4.78 is 5.52. The predicted molar refractivity (Wildman–Crippen MR) is 83.7 cm³/mol. The van der Waals surface area contributed by atoms with E-state index in [0.717, 1.165) is 17.1 Å². The molecule has 0 saturated carbocycles. The fourth-order valence-corrected chi connectivity index (χ4v) is 2.19. The number of aromatic nitrogens is 4. The van der Waals surface area contributed by atoms with Crippen molar-refractivity contribution in [2.45, 2.75) is 26.8 Å². The number of carbonyl (C=O) groups is 1. The van der Waals surface area contributed by atoms with Crippen LogP contribution in [0, 0.1) is 13.8 Å². The van der Waals surface area contributed by atoms with Gasteiger partial charge in [0.15, 0.2) is 5.76 Å². The number of rotatable bonds is 4. The number of nitrogens with zero attached hydrogens (tertiary/aromatic N) is 3. The zero-order chi connectivity index (χ0) is 16.4. The molecule has 0 bridgehead atoms. The minimum atomic E-state index is -0.287. The Bertz CT molecular complexity index is 836. The van der Waals surface area contributed by atoms with E-state index >= 15 is 0 Å². The first kappa shape index (κ1) is 15.0. The summed E-state index contributed by atoms with van der Waals surface area (Å²) in [5.74, 6) is 1.10. The molecule has 23 heavy (non-hydrogen) atoms. The van der Waals surface area contributed by atoms with Crippen LogP contribution in [-0.2, 0) is 0 Å². The summed E-state index contributed by atoms with van der Waals surface area (Å²) in [7, 11) is 0. The van der Waals surface area contributed by atoms with Gasteiger partial charge in [-0.1, -0.05) is 0 Å². The number of nitrogens with one attached hydrogen (secondary N) is 2. The molecule has 2 N–H and O–H groups in total. The highest BCUT2D eigenvalue weighted by atomic mass is 16.3. The van der Waals surface area contributed by atoms with Crippen molar-refractivity contribution in [1.82, 2.24) is 25.5 Å². The fourth-order valence-electron chi connectivity index (χ4n) is 2.19. The molecule has 0 spiro atoms. The molecule has 118 valence electrons. The van der Waals surface area contributed by atoms with Crippen molar-refractivity contribution in [3.63, 3.8) is 0 Å². The maximum atomic E-state index is 12.4. The van der Waals surface area contributed by atoms with Gasteiger partial charge in [0, 0.05) is 5.69 Å². The first-order chi connectivity index (χ1) is 11.0. The van der Waals surface area contributed by atoms with Gasteiger partial charge in [-0.05, 0) is 45.0 Å². The van der Waals surface area contributed by atoms with E-state index in [9.17, 15) is 4.79 Å². The molecular formula is C16H17N5O2. The summed E-state index contributed by atoms with van der Waals surface area (Å²) in [6, 6.07) is 6.93. The van der Waals surface area contributed by atoms with Crippen molar-refractivity contribution < 1.29 is 9.21 Å². The molecular weight excluding hydrogens is 294 g/mol. The average molecular weight is 311 g/mol. The Kier molecular flexibility index (Phi) is 3.92. The van der Waals surface area contributed by atoms with Crippen LogP contribution in [0.2, 0.25) is 0 Å². The number of aryl methyl sites for hydroxylation is 2. The van der Waals surface area contributed by atoms with E-state index < -0.39 is 0 Å². The molecule has 0 fully saturated rings. The van der Waals surface area contributed by atoms with E-state index in [1.54, 1.807) is 6.07 Å². The van der Waals surface area contributed by atoms with Gasteiger partial charge in [-0.3, -0.25) is 9.89 Å². The third kappa shape index (κ3) is 3.28. The molecule has 0 saturated heterocycles. The Morgan fingerprint density at radius 2 is 2.09 bits per heavy atom. The van der Waals surface area contributed by atoms with E-state index in [1.165, 1.54) is 6.33 Å². The quantitative estimate of drug-likeness (QED) is 0.772. The number of carbonyl (C=O) groups excluding carboxylic acids is 1. The number of furan rings is 1. The van der Waals surface area contributed by atoms with Gasteiger partial charge >= 0.3 is 0 Å². The van der Waals surface area contributed by atoms with Crippen LogP contribution in [0.5, 0.6) is 0 Å². The van der Waals surface area contributed by atoms with E-state index in [4.69, 9.17) is 4.42 Å². The molecule has 0 aliphatic heterocycles. The van der Waals surface area contributed by atoms with Gasteiger partial charge in [0.25, 0.3) is 5.91 Å². The van der Waals surface area contributed by atoms with Crippen molar-refractivity contribution in [2.75, 3.05) is 0 Å². The van der Waals surface area contributed by atoms with Gasteiger partial charge in [-0.15, -0.1) is 0 Å². The van der Waals surface area contributed by atoms with Gasteiger partial charge in [0.05, 0.1) is 11.7 Å². The van der Waals surface area contributed by atoms with Gasteiger partial charge in [-0.2, -0.15) is 5.10 Å². The third-order valence-corrected chi connectivity index (χ3v) is 3.41. The van der Waals surface area contributed by atoms with Crippen LogP contribution < -0.4 is 5.32 Å². The number of aromatic amines is 1. The molecule has 7 heteroatoms. The topological polar surface area (TPSA) is 96.7 Å². The minimum absolute atomic E-state index is 0.225. The Morgan fingerprint density at radius 3 is 2.74 bits per heavy atom. The summed E-state index contributed by atoms with van der Waals surface area (Å²) >= 11 is 0. The lowest BCUT2D eigenvalue weighted by molar-refractivity contribution is 0.0934. The normalized spacial score (nSPS) is 12.1. The van der Waals surface area contributed by atoms with Gasteiger partial charge < -0.3 is 9.73 Å². The van der Waals surface area contributed by atoms with Gasteiger partial charge in [-0.25, -0.2) is 9.97 Å². The zero-order valence-corrected chi connectivity index (χ0v) is 13.1. The molecule has 1 unspecified atom stereocenters. The zero-order valence-electron chi connectivity index (χ0n) is 13.1. The van der Waals surface area contributed by atoms with Crippen LogP contribution in [-0.4, -0.2) is 26.1 Å². The van der Waals surface area contributed by atoms with Crippen LogP contribution >= 0.6 is 0 Å². The standard InChI is InChI=1S/C16H17N5O2/c1-9-6-12(21-20-9)11(3)19-16(22)14-7-13(17-8-18-14)15-5-4-10(2)23-15/h4-8,11H,1-3H3,(H,19,22)(H,20,21). The average Bonchev–Trinajstić information content (AvgIpc) is 3.16. The molecule has 3 aromatic heterocycles. The molecule has 3 rings (SSSR count). The number of hydrogen-bond acceptors (Lipinski definition) is 5. The van der Waals surface area contributed by atoms with Crippen LogP contribution in [0.15, 0.2) is 35.0 Å². The second-order valence-corrected chi connectivity index (χ2v) is 5.37. The van der Waals surface area contributed by atoms with E-state index in [2.05, 4.69) is 25.5 Å². The summed E-state index contributed by atoms with van der Waals surface area (Å²) in [5, 5.41) is 9.87. The first-order valence-electron chi connectivity index (χ1n) is 7.24. The SMILES string of the molecule is Cc1cc(C(C)NC(=O)c2cc(-c3ccc(C)o3)ncn2)n[nH]1. The van der Waals surface area contributed by atoms with Crippen molar-refractivity contribution in [1.29, 1.82) is 0 Å². The first-order valence-corrected chi connectivity index (χ1v) is 7.24. The molecule has 3 heterocycles. The van der Waals surface area contributed by atoms with Crippen LogP contribution in [0.3, 0.4) is 0 Å². The van der Waals surface area contributed by atoms with Crippen molar-refractivity contribution in [2.24, 2.45) is 0 Å². The number of H-pyrrole nitrogens is 1. The van der Waals surface area contributed by atoms with E-state index in [-0.39, 0.29) is 17.6 Å². The summed E-state index contributed by atoms with van der Waals surface area (Å²) in [4.78, 5) is 20.5. The fraction of sp³-hybridized carbons (Fsp3) is 0.250. The maximum Gasteiger partial charge on any atom is 0.270 e. The molecule has 0 aliphatic rings. The summed E-state index contributed by atoms with van der Waals surface area (Å²) in [6.07, 6.45) is 1.35. The number of amides is 1. The highest BCUT2D eigenvalue weighted by Gasteiger charge is 2.16. The molecule has 1 atom stereocenters. The van der Waals surface area contributed by atoms with E-state index in [1.807, 2.05) is 39.0 Å². The Labute approximate surface area is 133 Å². The van der Waals surface area contributed by atoms with Crippen LogP contribution in [0.4, 0.5) is 0 Å². The summed E-state index contributed by atoms with van der Waals surface area (Å²) in [5.41, 5.74) is 2.56. The lowest BCUT2D eigenvalue weighted by Gasteiger charge is -2.11. The smallest absolute Gasteiger partial charge is 0.270 e. The lowest BCUT2D eigenvalue weighted by atomic mass is 10.2. The van der Waals surface area contributed by atoms with Crippen LogP contribution in [0.1, 0.15) is 40.6 Å². The molecule has 0 aromatic carbocycles. The highest BCUT2D eigenvalue weighted by Crippen LogP contribution is 2.20.